The van der Waals surface area contributed by atoms with Gasteiger partial charge in [0.05, 0.1) is 0 Å². The van der Waals surface area contributed by atoms with Crippen LogP contribution in [0.5, 0.6) is 0 Å². The van der Waals surface area contributed by atoms with E-state index in [1.807, 2.05) is 24.3 Å². The molecule has 3 N–H and O–H groups in total. The Balaban J connectivity index is 0.00000256. The monoisotopic (exact) mass is 276 g/mol. The first-order valence-electron chi connectivity index (χ1n) is 5.43. The summed E-state index contributed by atoms with van der Waals surface area (Å²) in [6.45, 7) is 1.10. The fraction of sp³-hybridized carbons (Fsp3) is 0.417. The highest BCUT2D eigenvalue weighted by Crippen LogP contribution is 2.10. The fourth-order valence-corrected chi connectivity index (χ4v) is 1.52. The first-order chi connectivity index (χ1) is 7.72. The lowest BCUT2D eigenvalue weighted by Gasteiger charge is -2.04. The minimum Gasteiger partial charge on any atom is -0.356 e. The van der Waals surface area contributed by atoms with E-state index in [0.717, 1.165) is 17.9 Å². The Kier molecular flexibility index (Phi) is 8.86. The molecule has 0 bridgehead atoms. The predicted octanol–water partition coefficient (Wildman–Crippen LogP) is 2.16. The number of nitrogens with two attached hydrogens (primary N) is 1. The molecule has 5 heteroatoms. The molecule has 0 aliphatic carbocycles. The topological polar surface area (TPSA) is 55.1 Å². The van der Waals surface area contributed by atoms with Crippen LogP contribution in [0.2, 0.25) is 5.02 Å². The Labute approximate surface area is 113 Å². The number of nitrogens with one attached hydrogen (secondary N) is 1. The first kappa shape index (κ1) is 16.2. The summed E-state index contributed by atoms with van der Waals surface area (Å²) in [5.41, 5.74) is 6.50. The maximum atomic E-state index is 11.1. The third-order valence-electron chi connectivity index (χ3n) is 2.25. The summed E-state index contributed by atoms with van der Waals surface area (Å²) < 4.78 is 0. The van der Waals surface area contributed by atoms with Gasteiger partial charge in [0, 0.05) is 24.5 Å². The van der Waals surface area contributed by atoms with Crippen LogP contribution in [-0.4, -0.2) is 19.0 Å². The van der Waals surface area contributed by atoms with Gasteiger partial charge in [0.1, 0.15) is 0 Å². The molecule has 1 aromatic carbocycles. The minimum absolute atomic E-state index is 0. The van der Waals surface area contributed by atoms with Crippen molar-refractivity contribution >= 4 is 29.9 Å². The van der Waals surface area contributed by atoms with E-state index in [-0.39, 0.29) is 18.3 Å². The number of carbonyl (C=O) groups excluding carboxylic acids is 1. The molecule has 96 valence electrons. The molecule has 1 rings (SSSR count). The quantitative estimate of drug-likeness (QED) is 0.783. The summed E-state index contributed by atoms with van der Waals surface area (Å²) in [5, 5.41) is 3.57. The van der Waals surface area contributed by atoms with Crippen molar-refractivity contribution in [3.63, 3.8) is 0 Å². The van der Waals surface area contributed by atoms with E-state index in [4.69, 9.17) is 17.3 Å². The van der Waals surface area contributed by atoms with E-state index in [1.165, 1.54) is 5.56 Å². The average Bonchev–Trinajstić information content (AvgIpc) is 2.27. The second kappa shape index (κ2) is 9.28. The number of benzene rings is 1. The number of amides is 1. The second-order valence-electron chi connectivity index (χ2n) is 3.62. The summed E-state index contributed by atoms with van der Waals surface area (Å²) in [6.07, 6.45) is 2.28. The van der Waals surface area contributed by atoms with Crippen LogP contribution in [0, 0.1) is 0 Å². The van der Waals surface area contributed by atoms with E-state index in [9.17, 15) is 4.79 Å². The van der Waals surface area contributed by atoms with Crippen LogP contribution in [0.25, 0.3) is 0 Å². The Morgan fingerprint density at radius 1 is 1.29 bits per heavy atom. The molecule has 0 saturated heterocycles. The molecule has 0 heterocycles. The normalized spacial score (nSPS) is 9.53. The van der Waals surface area contributed by atoms with Gasteiger partial charge in [-0.25, -0.2) is 0 Å². The highest BCUT2D eigenvalue weighted by atomic mass is 35.5. The van der Waals surface area contributed by atoms with Crippen LogP contribution in [0.4, 0.5) is 0 Å². The van der Waals surface area contributed by atoms with Gasteiger partial charge in [-0.3, -0.25) is 4.79 Å². The van der Waals surface area contributed by atoms with Crippen molar-refractivity contribution < 1.29 is 4.79 Å². The lowest BCUT2D eigenvalue weighted by molar-refractivity contribution is -0.120. The molecule has 3 nitrogen and oxygen atoms in total. The van der Waals surface area contributed by atoms with Crippen molar-refractivity contribution in [3.05, 3.63) is 34.9 Å². The maximum Gasteiger partial charge on any atom is 0.221 e. The van der Waals surface area contributed by atoms with Gasteiger partial charge in [-0.1, -0.05) is 23.7 Å². The van der Waals surface area contributed by atoms with E-state index in [2.05, 4.69) is 5.32 Å². The zero-order valence-corrected chi connectivity index (χ0v) is 11.2. The zero-order valence-electron chi connectivity index (χ0n) is 9.62. The molecule has 0 spiro atoms. The smallest absolute Gasteiger partial charge is 0.221 e. The highest BCUT2D eigenvalue weighted by Gasteiger charge is 1.98. The summed E-state index contributed by atoms with van der Waals surface area (Å²) in [5.74, 6) is 0.0265. The number of hydrogen-bond acceptors (Lipinski definition) is 2. The van der Waals surface area contributed by atoms with Crippen molar-refractivity contribution in [1.29, 1.82) is 0 Å². The van der Waals surface area contributed by atoms with Gasteiger partial charge in [-0.15, -0.1) is 12.4 Å². The molecule has 0 aliphatic heterocycles. The zero-order chi connectivity index (χ0) is 11.8. The van der Waals surface area contributed by atoms with Crippen LogP contribution >= 0.6 is 24.0 Å². The second-order valence-corrected chi connectivity index (χ2v) is 4.06. The van der Waals surface area contributed by atoms with Gasteiger partial charge in [0.2, 0.25) is 5.91 Å². The summed E-state index contributed by atoms with van der Waals surface area (Å²) in [4.78, 5) is 11.1. The van der Waals surface area contributed by atoms with Crippen molar-refractivity contribution in [2.24, 2.45) is 5.73 Å². The Morgan fingerprint density at radius 2 is 1.94 bits per heavy atom. The van der Waals surface area contributed by atoms with E-state index in [1.54, 1.807) is 0 Å². The molecule has 0 saturated carbocycles. The van der Waals surface area contributed by atoms with Gasteiger partial charge in [0.25, 0.3) is 0 Å². The largest absolute Gasteiger partial charge is 0.356 e. The minimum atomic E-state index is 0. The predicted molar refractivity (Wildman–Crippen MR) is 73.7 cm³/mol. The Morgan fingerprint density at radius 3 is 2.53 bits per heavy atom. The Hall–Kier alpha value is -0.770. The number of rotatable bonds is 6. The lowest BCUT2D eigenvalue weighted by atomic mass is 10.1. The summed E-state index contributed by atoms with van der Waals surface area (Å²) >= 11 is 5.78. The van der Waals surface area contributed by atoms with Crippen molar-refractivity contribution in [2.45, 2.75) is 19.3 Å². The molecule has 1 amide bonds. The van der Waals surface area contributed by atoms with Gasteiger partial charge in [-0.05, 0) is 30.5 Å². The summed E-state index contributed by atoms with van der Waals surface area (Å²) in [7, 11) is 0. The van der Waals surface area contributed by atoms with Crippen LogP contribution in [0.1, 0.15) is 18.4 Å². The van der Waals surface area contributed by atoms with Crippen LogP contribution in [0.15, 0.2) is 24.3 Å². The molecule has 0 aliphatic rings. The third kappa shape index (κ3) is 7.21. The molecular formula is C12H18Cl2N2O. The lowest BCUT2D eigenvalue weighted by Crippen LogP contribution is -2.26. The Bertz CT molecular complexity index is 328. The van der Waals surface area contributed by atoms with Crippen LogP contribution in [0.3, 0.4) is 0 Å². The molecule has 0 atom stereocenters. The SMILES string of the molecule is Cl.NCCC(=O)NCCCc1ccc(Cl)cc1. The van der Waals surface area contributed by atoms with Crippen molar-refractivity contribution in [1.82, 2.24) is 5.32 Å². The van der Waals surface area contributed by atoms with E-state index in [0.29, 0.717) is 19.5 Å². The maximum absolute atomic E-state index is 11.1. The molecule has 1 aromatic rings. The van der Waals surface area contributed by atoms with Crippen LogP contribution in [-0.2, 0) is 11.2 Å². The molecule has 0 fully saturated rings. The van der Waals surface area contributed by atoms with Gasteiger partial charge in [0.15, 0.2) is 0 Å². The third-order valence-corrected chi connectivity index (χ3v) is 2.50. The molecule has 0 aromatic heterocycles. The highest BCUT2D eigenvalue weighted by molar-refractivity contribution is 6.30. The fourth-order valence-electron chi connectivity index (χ4n) is 1.39. The molecular weight excluding hydrogens is 259 g/mol. The molecule has 0 unspecified atom stereocenters. The van der Waals surface area contributed by atoms with E-state index < -0.39 is 0 Å². The number of carbonyl (C=O) groups is 1. The van der Waals surface area contributed by atoms with Gasteiger partial charge < -0.3 is 11.1 Å². The standard InChI is InChI=1S/C12H17ClN2O.ClH/c13-11-5-3-10(4-6-11)2-1-9-15-12(16)7-8-14;/h3-6H,1-2,7-9,14H2,(H,15,16);1H. The van der Waals surface area contributed by atoms with Crippen molar-refractivity contribution in [2.75, 3.05) is 13.1 Å². The van der Waals surface area contributed by atoms with Gasteiger partial charge in [-0.2, -0.15) is 0 Å². The number of aryl methyl sites for hydroxylation is 1. The average molecular weight is 277 g/mol. The number of hydrogen-bond donors (Lipinski definition) is 2. The molecule has 0 radical (unpaired) electrons. The summed E-state index contributed by atoms with van der Waals surface area (Å²) in [6, 6.07) is 7.77. The van der Waals surface area contributed by atoms with Crippen molar-refractivity contribution in [3.8, 4) is 0 Å². The number of halogens is 2. The first-order valence-corrected chi connectivity index (χ1v) is 5.81. The van der Waals surface area contributed by atoms with Crippen LogP contribution < -0.4 is 11.1 Å². The van der Waals surface area contributed by atoms with E-state index >= 15 is 0 Å². The van der Waals surface area contributed by atoms with Gasteiger partial charge >= 0.3 is 0 Å². The molecule has 17 heavy (non-hydrogen) atoms.